The van der Waals surface area contributed by atoms with E-state index in [2.05, 4.69) is 9.82 Å². The second-order valence-electron chi connectivity index (χ2n) is 6.11. The van der Waals surface area contributed by atoms with Gasteiger partial charge in [0.1, 0.15) is 11.3 Å². The van der Waals surface area contributed by atoms with E-state index in [4.69, 9.17) is 4.74 Å². The Labute approximate surface area is 162 Å². The van der Waals surface area contributed by atoms with Gasteiger partial charge in [-0.25, -0.2) is 13.2 Å². The summed E-state index contributed by atoms with van der Waals surface area (Å²) in [5, 5.41) is 13.1. The highest BCUT2D eigenvalue weighted by Crippen LogP contribution is 2.26. The second kappa shape index (κ2) is 7.73. The molecule has 8 nitrogen and oxygen atoms in total. The highest BCUT2D eigenvalue weighted by atomic mass is 32.2. The third-order valence-corrected chi connectivity index (χ3v) is 5.43. The molecule has 0 unspecified atom stereocenters. The lowest BCUT2D eigenvalue weighted by molar-refractivity contribution is 0.0698. The Hall–Kier alpha value is -3.33. The lowest BCUT2D eigenvalue weighted by Crippen LogP contribution is -2.16. The van der Waals surface area contributed by atoms with E-state index in [1.54, 1.807) is 6.07 Å². The number of carboxylic acids is 1. The lowest BCUT2D eigenvalue weighted by Gasteiger charge is -2.12. The fraction of sp³-hybridized carbons (Fsp3) is 0.158. The average Bonchev–Trinajstić information content (AvgIpc) is 3.02. The first-order valence-electron chi connectivity index (χ1n) is 8.31. The summed E-state index contributed by atoms with van der Waals surface area (Å²) in [5.74, 6) is -0.951. The number of methoxy groups -OCH3 is 1. The topological polar surface area (TPSA) is 111 Å². The summed E-state index contributed by atoms with van der Waals surface area (Å²) >= 11 is 0. The number of nitrogens with one attached hydrogen (secondary N) is 1. The van der Waals surface area contributed by atoms with E-state index < -0.39 is 16.0 Å². The predicted molar refractivity (Wildman–Crippen MR) is 103 cm³/mol. The van der Waals surface area contributed by atoms with Gasteiger partial charge in [0.15, 0.2) is 5.82 Å². The fourth-order valence-corrected chi connectivity index (χ4v) is 3.85. The van der Waals surface area contributed by atoms with Crippen LogP contribution in [0.5, 0.6) is 5.75 Å². The number of aryl methyl sites for hydroxylation is 1. The zero-order valence-electron chi connectivity index (χ0n) is 15.3. The van der Waals surface area contributed by atoms with Crippen LogP contribution in [-0.2, 0) is 23.5 Å². The number of benzene rings is 2. The molecule has 0 saturated carbocycles. The molecule has 0 fully saturated rings. The van der Waals surface area contributed by atoms with Crippen LogP contribution >= 0.6 is 0 Å². The Bertz CT molecular complexity index is 1110. The van der Waals surface area contributed by atoms with E-state index in [-0.39, 0.29) is 16.3 Å². The molecule has 146 valence electrons. The molecule has 1 aromatic heterocycles. The maximum atomic E-state index is 12.8. The molecule has 1 heterocycles. The molecule has 0 atom stereocenters. The van der Waals surface area contributed by atoms with E-state index in [0.29, 0.717) is 17.7 Å². The smallest absolute Gasteiger partial charge is 0.341 e. The van der Waals surface area contributed by atoms with Crippen molar-refractivity contribution in [2.45, 2.75) is 11.3 Å². The SMILES string of the molecule is COc1ccc(S(=O)(=O)Nc2nn(C)cc2C(=O)O)cc1Cc1ccccc1. The Morgan fingerprint density at radius 3 is 2.57 bits per heavy atom. The number of aromatic nitrogens is 2. The molecule has 0 aliphatic heterocycles. The van der Waals surface area contributed by atoms with E-state index in [9.17, 15) is 18.3 Å². The first kappa shape index (κ1) is 19.4. The zero-order valence-corrected chi connectivity index (χ0v) is 16.1. The molecule has 0 aliphatic carbocycles. The summed E-state index contributed by atoms with van der Waals surface area (Å²) in [7, 11) is -1.01. The van der Waals surface area contributed by atoms with Gasteiger partial charge in [-0.3, -0.25) is 9.40 Å². The van der Waals surface area contributed by atoms with E-state index in [1.807, 2.05) is 30.3 Å². The summed E-state index contributed by atoms with van der Waals surface area (Å²) < 4.78 is 34.4. The van der Waals surface area contributed by atoms with Crippen LogP contribution in [0, 0.1) is 0 Å². The van der Waals surface area contributed by atoms with Crippen molar-refractivity contribution in [2.75, 3.05) is 11.8 Å². The first-order valence-corrected chi connectivity index (χ1v) is 9.79. The molecule has 2 N–H and O–H groups in total. The normalized spacial score (nSPS) is 11.2. The summed E-state index contributed by atoms with van der Waals surface area (Å²) in [4.78, 5) is 11.3. The Balaban J connectivity index is 1.96. The van der Waals surface area contributed by atoms with Crippen LogP contribution in [-0.4, -0.2) is 36.4 Å². The molecule has 2 aromatic carbocycles. The van der Waals surface area contributed by atoms with E-state index >= 15 is 0 Å². The number of rotatable bonds is 7. The molecule has 0 radical (unpaired) electrons. The van der Waals surface area contributed by atoms with Crippen molar-refractivity contribution in [1.82, 2.24) is 9.78 Å². The molecule has 28 heavy (non-hydrogen) atoms. The summed E-state index contributed by atoms with van der Waals surface area (Å²) in [6, 6.07) is 14.1. The van der Waals surface area contributed by atoms with Gasteiger partial charge in [0.2, 0.25) is 0 Å². The summed E-state index contributed by atoms with van der Waals surface area (Å²) in [6.45, 7) is 0. The number of sulfonamides is 1. The monoisotopic (exact) mass is 401 g/mol. The van der Waals surface area contributed by atoms with Gasteiger partial charge in [-0.05, 0) is 29.3 Å². The number of hydrogen-bond donors (Lipinski definition) is 2. The molecule has 3 aromatic rings. The number of ether oxygens (including phenoxy) is 1. The molecule has 0 bridgehead atoms. The third kappa shape index (κ3) is 4.15. The van der Waals surface area contributed by atoms with Crippen molar-refractivity contribution >= 4 is 21.8 Å². The van der Waals surface area contributed by atoms with Gasteiger partial charge in [0.25, 0.3) is 10.0 Å². The average molecular weight is 401 g/mol. The molecule has 0 amide bonds. The van der Waals surface area contributed by atoms with Crippen molar-refractivity contribution in [2.24, 2.45) is 7.05 Å². The van der Waals surface area contributed by atoms with Crippen LogP contribution in [0.1, 0.15) is 21.5 Å². The minimum atomic E-state index is -4.04. The van der Waals surface area contributed by atoms with Crippen molar-refractivity contribution in [3.8, 4) is 5.75 Å². The lowest BCUT2D eigenvalue weighted by atomic mass is 10.0. The maximum absolute atomic E-state index is 12.8. The Kier molecular flexibility index (Phi) is 5.36. The van der Waals surface area contributed by atoms with Crippen LogP contribution in [0.25, 0.3) is 0 Å². The largest absolute Gasteiger partial charge is 0.496 e. The van der Waals surface area contributed by atoms with Crippen LogP contribution in [0.2, 0.25) is 0 Å². The molecular weight excluding hydrogens is 382 g/mol. The number of carboxylic acid groups (broad SMARTS) is 1. The molecular formula is C19H19N3O5S. The second-order valence-corrected chi connectivity index (χ2v) is 7.79. The van der Waals surface area contributed by atoms with Gasteiger partial charge in [0, 0.05) is 19.7 Å². The molecule has 0 saturated heterocycles. The minimum Gasteiger partial charge on any atom is -0.496 e. The van der Waals surface area contributed by atoms with Crippen molar-refractivity contribution < 1.29 is 23.1 Å². The predicted octanol–water partition coefficient (Wildman–Crippen LogP) is 2.52. The van der Waals surface area contributed by atoms with Crippen LogP contribution < -0.4 is 9.46 Å². The maximum Gasteiger partial charge on any atom is 0.341 e. The highest BCUT2D eigenvalue weighted by molar-refractivity contribution is 7.92. The van der Waals surface area contributed by atoms with Gasteiger partial charge in [0.05, 0.1) is 12.0 Å². The van der Waals surface area contributed by atoms with Gasteiger partial charge >= 0.3 is 5.97 Å². The van der Waals surface area contributed by atoms with E-state index in [1.165, 1.54) is 37.2 Å². The standard InChI is InChI=1S/C19H19N3O5S/c1-22-12-16(19(23)24)18(20-22)21-28(25,26)15-8-9-17(27-2)14(11-15)10-13-6-4-3-5-7-13/h3-9,11-12H,10H2,1-2H3,(H,20,21)(H,23,24). The van der Waals surface area contributed by atoms with Gasteiger partial charge in [-0.15, -0.1) is 0 Å². The number of carbonyl (C=O) groups is 1. The summed E-state index contributed by atoms with van der Waals surface area (Å²) in [5.41, 5.74) is 1.46. The molecule has 9 heteroatoms. The van der Waals surface area contributed by atoms with Crippen molar-refractivity contribution in [1.29, 1.82) is 0 Å². The van der Waals surface area contributed by atoms with Gasteiger partial charge in [-0.1, -0.05) is 30.3 Å². The van der Waals surface area contributed by atoms with E-state index in [0.717, 1.165) is 5.56 Å². The van der Waals surface area contributed by atoms with Crippen molar-refractivity contribution in [3.63, 3.8) is 0 Å². The number of aromatic carboxylic acids is 1. The Morgan fingerprint density at radius 1 is 1.21 bits per heavy atom. The molecule has 3 rings (SSSR count). The van der Waals surface area contributed by atoms with Crippen LogP contribution in [0.15, 0.2) is 59.6 Å². The zero-order chi connectivity index (χ0) is 20.3. The number of nitrogens with zero attached hydrogens (tertiary/aromatic N) is 2. The van der Waals surface area contributed by atoms with Crippen molar-refractivity contribution in [3.05, 3.63) is 71.4 Å². The minimum absolute atomic E-state index is 0.0128. The van der Waals surface area contributed by atoms with Gasteiger partial charge < -0.3 is 9.84 Å². The molecule has 0 spiro atoms. The van der Waals surface area contributed by atoms with Gasteiger partial charge in [-0.2, -0.15) is 5.10 Å². The Morgan fingerprint density at radius 2 is 1.93 bits per heavy atom. The summed E-state index contributed by atoms with van der Waals surface area (Å²) in [6.07, 6.45) is 1.71. The van der Waals surface area contributed by atoms with Crippen LogP contribution in [0.4, 0.5) is 5.82 Å². The quantitative estimate of drug-likeness (QED) is 0.629. The number of hydrogen-bond acceptors (Lipinski definition) is 5. The third-order valence-electron chi connectivity index (χ3n) is 4.09. The van der Waals surface area contributed by atoms with Crippen LogP contribution in [0.3, 0.4) is 0 Å². The number of anilines is 1. The first-order chi connectivity index (χ1) is 13.3. The fourth-order valence-electron chi connectivity index (χ4n) is 2.78. The highest BCUT2D eigenvalue weighted by Gasteiger charge is 2.22. The molecule has 0 aliphatic rings.